The molecule has 0 bridgehead atoms. The van der Waals surface area contributed by atoms with Crippen molar-refractivity contribution >= 4 is 27.3 Å². The molecule has 1 amide bonds. The molecule has 0 aliphatic carbocycles. The van der Waals surface area contributed by atoms with Crippen molar-refractivity contribution in [3.8, 4) is 0 Å². The molecule has 1 heterocycles. The topological polar surface area (TPSA) is 90.5 Å². The van der Waals surface area contributed by atoms with Gasteiger partial charge in [-0.15, -0.1) is 0 Å². The van der Waals surface area contributed by atoms with E-state index in [-0.39, 0.29) is 16.8 Å². The zero-order chi connectivity index (χ0) is 20.1. The third-order valence-corrected chi connectivity index (χ3v) is 5.82. The van der Waals surface area contributed by atoms with Gasteiger partial charge in [0.25, 0.3) is 15.9 Å². The zero-order valence-electron chi connectivity index (χ0n) is 16.1. The molecule has 150 valence electrons. The van der Waals surface area contributed by atoms with Gasteiger partial charge in [0.1, 0.15) is 0 Å². The number of amides is 1. The fourth-order valence-electron chi connectivity index (χ4n) is 3.09. The number of anilines is 2. The second-order valence-corrected chi connectivity index (χ2v) is 8.70. The van der Waals surface area contributed by atoms with Crippen molar-refractivity contribution in [2.75, 3.05) is 35.8 Å². The highest BCUT2D eigenvalue weighted by molar-refractivity contribution is 7.92. The van der Waals surface area contributed by atoms with Gasteiger partial charge in [0.05, 0.1) is 16.3 Å². The molecule has 2 aromatic carbocycles. The Kier molecular flexibility index (Phi) is 6.21. The predicted molar refractivity (Wildman–Crippen MR) is 111 cm³/mol. The Morgan fingerprint density at radius 2 is 1.75 bits per heavy atom. The maximum atomic E-state index is 12.9. The standard InChI is InChI=1S/C20H26N4O3S/c1-15(2)22-20(25)16-8-9-19(24-12-10-21-11-13-24)18(14-16)23-28(26,27)17-6-4-3-5-7-17/h3-9,14-15,21,23H,10-13H2,1-2H3,(H,22,25). The number of benzene rings is 2. The first-order valence-electron chi connectivity index (χ1n) is 9.35. The van der Waals surface area contributed by atoms with Gasteiger partial charge in [-0.3, -0.25) is 9.52 Å². The third-order valence-electron chi connectivity index (χ3n) is 4.43. The van der Waals surface area contributed by atoms with Crippen LogP contribution in [0.3, 0.4) is 0 Å². The van der Waals surface area contributed by atoms with Crippen LogP contribution in [-0.4, -0.2) is 46.5 Å². The summed E-state index contributed by atoms with van der Waals surface area (Å²) in [4.78, 5) is 14.7. The maximum Gasteiger partial charge on any atom is 0.261 e. The minimum atomic E-state index is -3.76. The van der Waals surface area contributed by atoms with E-state index in [4.69, 9.17) is 0 Å². The van der Waals surface area contributed by atoms with Gasteiger partial charge in [0, 0.05) is 37.8 Å². The van der Waals surface area contributed by atoms with Crippen LogP contribution >= 0.6 is 0 Å². The minimum Gasteiger partial charge on any atom is -0.367 e. The van der Waals surface area contributed by atoms with Crippen LogP contribution in [0.4, 0.5) is 11.4 Å². The monoisotopic (exact) mass is 402 g/mol. The number of nitrogens with zero attached hydrogens (tertiary/aromatic N) is 1. The van der Waals surface area contributed by atoms with E-state index in [0.717, 1.165) is 31.9 Å². The van der Waals surface area contributed by atoms with Crippen LogP contribution in [0.25, 0.3) is 0 Å². The summed E-state index contributed by atoms with van der Waals surface area (Å²) < 4.78 is 28.4. The van der Waals surface area contributed by atoms with Crippen molar-refractivity contribution < 1.29 is 13.2 Å². The summed E-state index contributed by atoms with van der Waals surface area (Å²) in [5.74, 6) is -0.234. The number of sulfonamides is 1. The van der Waals surface area contributed by atoms with Crippen molar-refractivity contribution in [3.63, 3.8) is 0 Å². The second-order valence-electron chi connectivity index (χ2n) is 7.02. The molecule has 3 rings (SSSR count). The summed E-state index contributed by atoms with van der Waals surface area (Å²) in [5.41, 5.74) is 1.59. The van der Waals surface area contributed by atoms with Crippen LogP contribution in [0.2, 0.25) is 0 Å². The van der Waals surface area contributed by atoms with Crippen molar-refractivity contribution in [3.05, 3.63) is 54.1 Å². The first-order chi connectivity index (χ1) is 13.4. The van der Waals surface area contributed by atoms with Crippen LogP contribution in [-0.2, 0) is 10.0 Å². The molecule has 3 N–H and O–H groups in total. The number of carbonyl (C=O) groups excluding carboxylic acids is 1. The number of hydrogen-bond donors (Lipinski definition) is 3. The van der Waals surface area contributed by atoms with Crippen molar-refractivity contribution in [1.29, 1.82) is 0 Å². The van der Waals surface area contributed by atoms with E-state index in [0.29, 0.717) is 11.3 Å². The Hall–Kier alpha value is -2.58. The lowest BCUT2D eigenvalue weighted by molar-refractivity contribution is 0.0943. The van der Waals surface area contributed by atoms with E-state index >= 15 is 0 Å². The van der Waals surface area contributed by atoms with Gasteiger partial charge < -0.3 is 15.5 Å². The average molecular weight is 403 g/mol. The smallest absolute Gasteiger partial charge is 0.261 e. The summed E-state index contributed by atoms with van der Waals surface area (Å²) >= 11 is 0. The minimum absolute atomic E-state index is 0.00944. The molecule has 1 fully saturated rings. The van der Waals surface area contributed by atoms with Crippen LogP contribution in [0, 0.1) is 0 Å². The first kappa shape index (κ1) is 20.2. The normalized spacial score (nSPS) is 14.8. The Morgan fingerprint density at radius 1 is 1.07 bits per heavy atom. The Balaban J connectivity index is 1.98. The van der Waals surface area contributed by atoms with Crippen LogP contribution in [0.1, 0.15) is 24.2 Å². The molecule has 1 aliphatic heterocycles. The molecule has 1 saturated heterocycles. The fraction of sp³-hybridized carbons (Fsp3) is 0.350. The molecule has 2 aromatic rings. The third kappa shape index (κ3) is 4.82. The lowest BCUT2D eigenvalue weighted by Gasteiger charge is -2.31. The molecule has 0 spiro atoms. The summed E-state index contributed by atoms with van der Waals surface area (Å²) in [5, 5.41) is 6.12. The number of rotatable bonds is 6. The lowest BCUT2D eigenvalue weighted by Crippen LogP contribution is -2.43. The molecular formula is C20H26N4O3S. The summed E-state index contributed by atoms with van der Waals surface area (Å²) in [6.07, 6.45) is 0. The van der Waals surface area contributed by atoms with E-state index in [1.54, 1.807) is 42.5 Å². The van der Waals surface area contributed by atoms with Crippen molar-refractivity contribution in [2.24, 2.45) is 0 Å². The molecule has 1 aliphatic rings. The highest BCUT2D eigenvalue weighted by Crippen LogP contribution is 2.30. The van der Waals surface area contributed by atoms with E-state index < -0.39 is 10.0 Å². The van der Waals surface area contributed by atoms with Gasteiger partial charge in [-0.25, -0.2) is 8.42 Å². The summed E-state index contributed by atoms with van der Waals surface area (Å²) in [6, 6.07) is 13.3. The molecule has 7 nitrogen and oxygen atoms in total. The molecule has 0 saturated carbocycles. The first-order valence-corrected chi connectivity index (χ1v) is 10.8. The van der Waals surface area contributed by atoms with Gasteiger partial charge >= 0.3 is 0 Å². The van der Waals surface area contributed by atoms with Gasteiger partial charge in [0.2, 0.25) is 0 Å². The number of piperazine rings is 1. The summed E-state index contributed by atoms with van der Waals surface area (Å²) in [7, 11) is -3.76. The molecule has 0 aromatic heterocycles. The van der Waals surface area contributed by atoms with Crippen molar-refractivity contribution in [1.82, 2.24) is 10.6 Å². The Bertz CT molecular complexity index is 924. The van der Waals surface area contributed by atoms with Crippen molar-refractivity contribution in [2.45, 2.75) is 24.8 Å². The Morgan fingerprint density at radius 3 is 2.39 bits per heavy atom. The lowest BCUT2D eigenvalue weighted by atomic mass is 10.1. The number of nitrogens with one attached hydrogen (secondary N) is 3. The van der Waals surface area contributed by atoms with Gasteiger partial charge in [-0.2, -0.15) is 0 Å². The molecule has 0 radical (unpaired) electrons. The average Bonchev–Trinajstić information content (AvgIpc) is 2.68. The van der Waals surface area contributed by atoms with Gasteiger partial charge in [-0.1, -0.05) is 18.2 Å². The van der Waals surface area contributed by atoms with Crippen LogP contribution in [0.15, 0.2) is 53.4 Å². The highest BCUT2D eigenvalue weighted by atomic mass is 32.2. The maximum absolute atomic E-state index is 12.9. The molecule has 28 heavy (non-hydrogen) atoms. The molecule has 0 atom stereocenters. The second kappa shape index (κ2) is 8.62. The SMILES string of the molecule is CC(C)NC(=O)c1ccc(N2CCNCC2)c(NS(=O)(=O)c2ccccc2)c1. The Labute approximate surface area is 166 Å². The van der Waals surface area contributed by atoms with Gasteiger partial charge in [-0.05, 0) is 44.2 Å². The molecule has 8 heteroatoms. The fourth-order valence-corrected chi connectivity index (χ4v) is 4.18. The quantitative estimate of drug-likeness (QED) is 0.688. The van der Waals surface area contributed by atoms with Crippen LogP contribution < -0.4 is 20.3 Å². The zero-order valence-corrected chi connectivity index (χ0v) is 16.9. The van der Waals surface area contributed by atoms with E-state index in [1.807, 2.05) is 19.9 Å². The molecule has 0 unspecified atom stereocenters. The van der Waals surface area contributed by atoms with E-state index in [9.17, 15) is 13.2 Å². The predicted octanol–water partition coefficient (Wildman–Crippen LogP) is 2.04. The molecular weight excluding hydrogens is 376 g/mol. The van der Waals surface area contributed by atoms with Crippen LogP contribution in [0.5, 0.6) is 0 Å². The number of carbonyl (C=O) groups is 1. The number of hydrogen-bond acceptors (Lipinski definition) is 5. The summed E-state index contributed by atoms with van der Waals surface area (Å²) in [6.45, 7) is 6.92. The van der Waals surface area contributed by atoms with Gasteiger partial charge in [0.15, 0.2) is 0 Å². The van der Waals surface area contributed by atoms with E-state index in [1.165, 1.54) is 0 Å². The highest BCUT2D eigenvalue weighted by Gasteiger charge is 2.21. The van der Waals surface area contributed by atoms with E-state index in [2.05, 4.69) is 20.3 Å². The largest absolute Gasteiger partial charge is 0.367 e.